The summed E-state index contributed by atoms with van der Waals surface area (Å²) >= 11 is 6.15. The lowest BCUT2D eigenvalue weighted by Crippen LogP contribution is -2.47. The molecule has 0 radical (unpaired) electrons. The van der Waals surface area contributed by atoms with Gasteiger partial charge in [-0.2, -0.15) is 13.2 Å². The van der Waals surface area contributed by atoms with E-state index in [0.29, 0.717) is 11.4 Å². The van der Waals surface area contributed by atoms with Crippen LogP contribution in [0.5, 0.6) is 5.75 Å². The molecule has 0 bridgehead atoms. The molecule has 3 N–H and O–H groups in total. The molecule has 1 aromatic carbocycles. The van der Waals surface area contributed by atoms with Gasteiger partial charge < -0.3 is 15.6 Å². The van der Waals surface area contributed by atoms with Crippen LogP contribution in [0.1, 0.15) is 29.8 Å². The largest absolute Gasteiger partial charge is 0.492 e. The van der Waals surface area contributed by atoms with Crippen LogP contribution in [0.3, 0.4) is 0 Å². The third-order valence-electron chi connectivity index (χ3n) is 4.06. The van der Waals surface area contributed by atoms with E-state index in [2.05, 4.69) is 9.97 Å². The topological polar surface area (TPSA) is 81.3 Å². The average Bonchev–Trinajstić information content (AvgIpc) is 2.58. The van der Waals surface area contributed by atoms with E-state index >= 15 is 0 Å². The molecule has 1 aromatic heterocycles. The number of hydrogen-bond acceptors (Lipinski definition) is 5. The lowest BCUT2D eigenvalue weighted by molar-refractivity contribution is -0.276. The summed E-state index contributed by atoms with van der Waals surface area (Å²) in [6.45, 7) is 3.35. The van der Waals surface area contributed by atoms with Gasteiger partial charge in [0.05, 0.1) is 11.9 Å². The average molecular weight is 390 g/mol. The highest BCUT2D eigenvalue weighted by atomic mass is 35.5. The van der Waals surface area contributed by atoms with Crippen LogP contribution in [0.25, 0.3) is 0 Å². The van der Waals surface area contributed by atoms with Crippen molar-refractivity contribution in [2.45, 2.75) is 31.5 Å². The summed E-state index contributed by atoms with van der Waals surface area (Å²) in [5.41, 5.74) is 2.04. The number of aromatic nitrogens is 2. The Labute approximate surface area is 154 Å². The highest BCUT2D eigenvalue weighted by molar-refractivity contribution is 6.31. The van der Waals surface area contributed by atoms with Gasteiger partial charge in [-0.1, -0.05) is 24.6 Å². The monoisotopic (exact) mass is 389 g/mol. The zero-order valence-electron chi connectivity index (χ0n) is 14.2. The number of nitrogens with zero attached hydrogens (tertiary/aromatic N) is 2. The Morgan fingerprint density at radius 3 is 2.46 bits per heavy atom. The summed E-state index contributed by atoms with van der Waals surface area (Å²) in [5.74, 6) is -1.06. The van der Waals surface area contributed by atoms with Crippen molar-refractivity contribution in [1.82, 2.24) is 9.97 Å². The molecule has 2 rings (SSSR count). The summed E-state index contributed by atoms with van der Waals surface area (Å²) in [7, 11) is 0. The van der Waals surface area contributed by atoms with E-state index < -0.39 is 23.4 Å². The first kappa shape index (κ1) is 20.4. The predicted octanol–water partition coefficient (Wildman–Crippen LogP) is 3.33. The van der Waals surface area contributed by atoms with Crippen molar-refractivity contribution in [2.24, 2.45) is 5.73 Å². The number of ether oxygens (including phenoxy) is 1. The zero-order valence-corrected chi connectivity index (χ0v) is 15.0. The second-order valence-corrected chi connectivity index (χ2v) is 6.26. The van der Waals surface area contributed by atoms with Crippen molar-refractivity contribution in [3.63, 3.8) is 0 Å². The lowest BCUT2D eigenvalue weighted by atomic mass is 9.80. The Kier molecular flexibility index (Phi) is 6.10. The Bertz CT molecular complexity index is 756. The minimum Gasteiger partial charge on any atom is -0.492 e. The molecule has 0 amide bonds. The van der Waals surface area contributed by atoms with E-state index in [4.69, 9.17) is 22.1 Å². The van der Waals surface area contributed by atoms with E-state index in [0.717, 1.165) is 6.20 Å². The van der Waals surface area contributed by atoms with Crippen LogP contribution in [0.2, 0.25) is 5.02 Å². The molecule has 5 nitrogen and oxygen atoms in total. The van der Waals surface area contributed by atoms with Crippen molar-refractivity contribution in [3.8, 4) is 5.75 Å². The fourth-order valence-electron chi connectivity index (χ4n) is 2.55. The van der Waals surface area contributed by atoms with Crippen LogP contribution < -0.4 is 10.5 Å². The van der Waals surface area contributed by atoms with Gasteiger partial charge in [0.15, 0.2) is 0 Å². The van der Waals surface area contributed by atoms with Crippen molar-refractivity contribution in [1.29, 1.82) is 0 Å². The number of aliphatic hydroxyl groups is 1. The fourth-order valence-corrected chi connectivity index (χ4v) is 2.89. The third kappa shape index (κ3) is 3.92. The first-order valence-corrected chi connectivity index (χ1v) is 8.19. The van der Waals surface area contributed by atoms with Crippen LogP contribution in [0.4, 0.5) is 13.2 Å². The lowest BCUT2D eigenvalue weighted by Gasteiger charge is -2.35. The van der Waals surface area contributed by atoms with E-state index in [1.165, 1.54) is 31.3 Å². The first-order valence-electron chi connectivity index (χ1n) is 7.81. The summed E-state index contributed by atoms with van der Waals surface area (Å²) in [6, 6.07) is 4.25. The molecule has 0 spiro atoms. The Morgan fingerprint density at radius 1 is 1.27 bits per heavy atom. The third-order valence-corrected chi connectivity index (χ3v) is 4.38. The maximum atomic E-state index is 13.8. The summed E-state index contributed by atoms with van der Waals surface area (Å²) < 4.78 is 46.7. The van der Waals surface area contributed by atoms with E-state index in [9.17, 15) is 18.3 Å². The van der Waals surface area contributed by atoms with Crippen molar-refractivity contribution >= 4 is 11.6 Å². The second kappa shape index (κ2) is 7.77. The Morgan fingerprint density at radius 2 is 1.96 bits per heavy atom. The molecule has 142 valence electrons. The minimum absolute atomic E-state index is 0.0368. The van der Waals surface area contributed by atoms with Crippen LogP contribution in [0, 0.1) is 6.92 Å². The molecule has 0 aliphatic heterocycles. The van der Waals surface area contributed by atoms with Crippen LogP contribution >= 0.6 is 11.6 Å². The van der Waals surface area contributed by atoms with Gasteiger partial charge in [-0.15, -0.1) is 0 Å². The van der Waals surface area contributed by atoms with Gasteiger partial charge in [-0.3, -0.25) is 9.97 Å². The maximum absolute atomic E-state index is 13.8. The molecule has 2 atom stereocenters. The van der Waals surface area contributed by atoms with Gasteiger partial charge in [0, 0.05) is 23.7 Å². The van der Waals surface area contributed by atoms with Gasteiger partial charge >= 0.3 is 6.18 Å². The first-order chi connectivity index (χ1) is 12.1. The second-order valence-electron chi connectivity index (χ2n) is 5.85. The van der Waals surface area contributed by atoms with Gasteiger partial charge in [-0.05, 0) is 24.6 Å². The molecular weight excluding hydrogens is 371 g/mol. The molecule has 26 heavy (non-hydrogen) atoms. The zero-order chi connectivity index (χ0) is 19.5. The predicted molar refractivity (Wildman–Crippen MR) is 91.1 cm³/mol. The number of nitrogens with two attached hydrogens (primary N) is 1. The van der Waals surface area contributed by atoms with Crippen LogP contribution in [-0.4, -0.2) is 34.4 Å². The standard InChI is InChI=1S/C17H19ClF3N3O2/c1-10-8-24-15(9-23-10)16(25,17(19,20)21)11(2)13-4-3-12(7-14(13)18)26-6-5-22/h3-4,7-9,11,25H,5-6,22H2,1-2H3. The Balaban J connectivity index is 2.48. The minimum atomic E-state index is -4.99. The number of alkyl halides is 3. The molecule has 2 unspecified atom stereocenters. The molecule has 2 aromatic rings. The van der Waals surface area contributed by atoms with E-state index in [1.807, 2.05) is 0 Å². The van der Waals surface area contributed by atoms with Gasteiger partial charge in [0.1, 0.15) is 18.1 Å². The van der Waals surface area contributed by atoms with Gasteiger partial charge in [0.25, 0.3) is 0 Å². The van der Waals surface area contributed by atoms with E-state index in [-0.39, 0.29) is 23.7 Å². The van der Waals surface area contributed by atoms with Crippen molar-refractivity contribution < 1.29 is 23.0 Å². The number of rotatable bonds is 6. The number of aryl methyl sites for hydroxylation is 1. The number of hydrogen-bond donors (Lipinski definition) is 2. The summed E-state index contributed by atoms with van der Waals surface area (Å²) in [5, 5.41) is 10.7. The van der Waals surface area contributed by atoms with Crippen LogP contribution in [0.15, 0.2) is 30.6 Å². The smallest absolute Gasteiger partial charge is 0.423 e. The maximum Gasteiger partial charge on any atom is 0.423 e. The molecular formula is C17H19ClF3N3O2. The summed E-state index contributed by atoms with van der Waals surface area (Å²) in [6.07, 6.45) is -2.90. The molecule has 0 saturated carbocycles. The molecule has 0 aliphatic rings. The van der Waals surface area contributed by atoms with Gasteiger partial charge in [0.2, 0.25) is 5.60 Å². The molecule has 9 heteroatoms. The van der Waals surface area contributed by atoms with E-state index in [1.54, 1.807) is 6.92 Å². The number of benzene rings is 1. The molecule has 0 fully saturated rings. The Hall–Kier alpha value is -1.90. The number of halogens is 4. The van der Waals surface area contributed by atoms with Gasteiger partial charge in [-0.25, -0.2) is 0 Å². The van der Waals surface area contributed by atoms with Crippen LogP contribution in [-0.2, 0) is 5.60 Å². The SMILES string of the molecule is Cc1cnc(C(O)(C(C)c2ccc(OCCN)cc2Cl)C(F)(F)F)cn1. The highest BCUT2D eigenvalue weighted by Gasteiger charge is 2.60. The quantitative estimate of drug-likeness (QED) is 0.792. The van der Waals surface area contributed by atoms with Crippen molar-refractivity contribution in [3.05, 3.63) is 52.6 Å². The van der Waals surface area contributed by atoms with Crippen molar-refractivity contribution in [2.75, 3.05) is 13.2 Å². The fraction of sp³-hybridized carbons (Fsp3) is 0.412. The summed E-state index contributed by atoms with van der Waals surface area (Å²) in [4.78, 5) is 7.55. The highest BCUT2D eigenvalue weighted by Crippen LogP contribution is 2.49. The normalized spacial score (nSPS) is 15.4. The molecule has 0 aliphatic carbocycles. The molecule has 1 heterocycles. The molecule has 0 saturated heterocycles.